The number of phenolic OH excluding ortho intramolecular Hbond substituents is 1. The van der Waals surface area contributed by atoms with E-state index in [0.29, 0.717) is 11.5 Å². The fourth-order valence-corrected chi connectivity index (χ4v) is 3.13. The number of halogens is 4. The van der Waals surface area contributed by atoms with Gasteiger partial charge in [0.25, 0.3) is 12.6 Å². The first kappa shape index (κ1) is 30.1. The molecule has 0 spiro atoms. The molecule has 2 aliphatic heterocycles. The van der Waals surface area contributed by atoms with Crippen LogP contribution in [-0.2, 0) is 28.5 Å². The van der Waals surface area contributed by atoms with E-state index in [1.54, 1.807) is 18.2 Å². The minimum absolute atomic E-state index is 0.0770. The zero-order valence-electron chi connectivity index (χ0n) is 19.5. The molecule has 1 N–H and O–H groups in total. The van der Waals surface area contributed by atoms with Crippen LogP contribution in [-0.4, -0.2) is 42.9 Å². The summed E-state index contributed by atoms with van der Waals surface area (Å²) >= 11 is 22.3. The Hall–Kier alpha value is -3.11. The third-order valence-electron chi connectivity index (χ3n) is 4.22. The lowest BCUT2D eigenvalue weighted by Gasteiger charge is -2.13. The van der Waals surface area contributed by atoms with E-state index < -0.39 is 30.7 Å². The van der Waals surface area contributed by atoms with Crippen LogP contribution in [0.1, 0.15) is 11.1 Å². The molecule has 2 aromatic rings. The van der Waals surface area contributed by atoms with Gasteiger partial charge in [0.05, 0.1) is 7.11 Å². The minimum atomic E-state index is -1.30. The van der Waals surface area contributed by atoms with E-state index in [-0.39, 0.29) is 20.1 Å². The van der Waals surface area contributed by atoms with Gasteiger partial charge in [-0.2, -0.15) is 0 Å². The van der Waals surface area contributed by atoms with E-state index in [1.807, 2.05) is 44.2 Å². The maximum atomic E-state index is 11.1. The fourth-order valence-electron chi connectivity index (χ4n) is 2.53. The molecule has 0 aromatic heterocycles. The Bertz CT molecular complexity index is 1210. The number of ether oxygens (including phenoxy) is 5. The Morgan fingerprint density at radius 1 is 0.838 bits per heavy atom. The number of esters is 2. The van der Waals surface area contributed by atoms with Gasteiger partial charge in [-0.15, -0.1) is 0 Å². The van der Waals surface area contributed by atoms with E-state index in [4.69, 9.17) is 61.0 Å². The Labute approximate surface area is 232 Å². The van der Waals surface area contributed by atoms with Gasteiger partial charge in [-0.25, -0.2) is 14.4 Å². The van der Waals surface area contributed by atoms with Crippen LogP contribution in [0.4, 0.5) is 4.79 Å². The molecule has 2 heterocycles. The molecule has 0 fully saturated rings. The molecule has 2 aliphatic rings. The lowest BCUT2D eigenvalue weighted by molar-refractivity contribution is -0.153. The largest absolute Gasteiger partial charge is 0.511 e. The van der Waals surface area contributed by atoms with Crippen molar-refractivity contribution in [3.05, 3.63) is 79.8 Å². The quantitative estimate of drug-likeness (QED) is 0.338. The Balaban J connectivity index is 0.000000206. The maximum Gasteiger partial charge on any atom is 0.511 e. The van der Waals surface area contributed by atoms with Crippen molar-refractivity contribution in [1.82, 2.24) is 0 Å². The van der Waals surface area contributed by atoms with Gasteiger partial charge in [-0.05, 0) is 49.2 Å². The highest BCUT2D eigenvalue weighted by atomic mass is 35.5. The van der Waals surface area contributed by atoms with Crippen molar-refractivity contribution in [3.63, 3.8) is 0 Å². The lowest BCUT2D eigenvalue weighted by Crippen LogP contribution is -2.19. The molecule has 2 aromatic carbocycles. The van der Waals surface area contributed by atoms with E-state index in [1.165, 1.54) is 0 Å². The fraction of sp³-hybridized carbons (Fsp3) is 0.208. The summed E-state index contributed by atoms with van der Waals surface area (Å²) in [7, 11) is 1.11. The van der Waals surface area contributed by atoms with Crippen LogP contribution in [0, 0.1) is 13.8 Å². The van der Waals surface area contributed by atoms with Gasteiger partial charge in [0.2, 0.25) is 0 Å². The molecule has 0 saturated carbocycles. The molecule has 198 valence electrons. The van der Waals surface area contributed by atoms with Crippen LogP contribution in [0.2, 0.25) is 0 Å². The van der Waals surface area contributed by atoms with Crippen LogP contribution in [0.15, 0.2) is 68.7 Å². The second-order valence-electron chi connectivity index (χ2n) is 7.14. The Kier molecular flexibility index (Phi) is 11.4. The number of phenols is 1. The van der Waals surface area contributed by atoms with Crippen LogP contribution < -0.4 is 4.74 Å². The molecular weight excluding hydrogens is 574 g/mol. The average molecular weight is 594 g/mol. The molecule has 2 unspecified atom stereocenters. The van der Waals surface area contributed by atoms with Gasteiger partial charge >= 0.3 is 18.1 Å². The molecule has 0 aliphatic carbocycles. The normalized spacial score (nSPS) is 18.1. The zero-order valence-corrected chi connectivity index (χ0v) is 22.5. The third kappa shape index (κ3) is 9.05. The van der Waals surface area contributed by atoms with Gasteiger partial charge in [-0.3, -0.25) is 0 Å². The first-order valence-electron chi connectivity index (χ1n) is 10.2. The highest BCUT2D eigenvalue weighted by Crippen LogP contribution is 2.31. The van der Waals surface area contributed by atoms with Crippen molar-refractivity contribution in [2.45, 2.75) is 26.4 Å². The summed E-state index contributed by atoms with van der Waals surface area (Å²) in [5, 5.41) is 8.30. The van der Waals surface area contributed by atoms with Crippen molar-refractivity contribution < 1.29 is 43.2 Å². The number of hydrogen-bond acceptors (Lipinski definition) is 9. The SMILES string of the molecule is COC(=O)OC1OC(=O)C(Cl)=C1Cl.Cc1cccc(O)c1.Cc1cccc(OC2OC(=O)C(Cl)=C2Cl)c1. The van der Waals surface area contributed by atoms with Gasteiger partial charge in [0.1, 0.15) is 31.6 Å². The summed E-state index contributed by atoms with van der Waals surface area (Å²) in [6.07, 6.45) is -3.25. The smallest absolute Gasteiger partial charge is 0.508 e. The van der Waals surface area contributed by atoms with Crippen molar-refractivity contribution in [1.29, 1.82) is 0 Å². The van der Waals surface area contributed by atoms with Gasteiger partial charge in [0, 0.05) is 0 Å². The van der Waals surface area contributed by atoms with E-state index in [2.05, 4.69) is 14.2 Å². The van der Waals surface area contributed by atoms with Crippen molar-refractivity contribution >= 4 is 64.5 Å². The van der Waals surface area contributed by atoms with Crippen molar-refractivity contribution in [2.75, 3.05) is 7.11 Å². The number of aromatic hydroxyl groups is 1. The second-order valence-corrected chi connectivity index (χ2v) is 8.71. The number of methoxy groups -OCH3 is 1. The van der Waals surface area contributed by atoms with E-state index in [0.717, 1.165) is 18.2 Å². The van der Waals surface area contributed by atoms with Crippen LogP contribution in [0.5, 0.6) is 11.5 Å². The summed E-state index contributed by atoms with van der Waals surface area (Å²) in [4.78, 5) is 32.4. The molecule has 0 radical (unpaired) electrons. The molecule has 13 heteroatoms. The number of aryl methyl sites for hydroxylation is 2. The lowest BCUT2D eigenvalue weighted by atomic mass is 10.2. The van der Waals surface area contributed by atoms with Crippen molar-refractivity contribution in [2.24, 2.45) is 0 Å². The van der Waals surface area contributed by atoms with Gasteiger partial charge < -0.3 is 28.8 Å². The molecular formula is C24H20Cl4O9. The van der Waals surface area contributed by atoms with Gasteiger partial charge in [-0.1, -0.05) is 70.7 Å². The maximum absolute atomic E-state index is 11.1. The standard InChI is InChI=1S/C11H8Cl2O3.C7H8O.C6H4Cl2O5/c1-6-3-2-4-7(5-6)15-11-9(13)8(12)10(14)16-11;1-6-3-2-4-7(8)5-6;1-11-6(10)13-5-3(8)2(7)4(9)12-5/h2-5,11H,1H3;2-5,8H,1H3;5H,1H3. The number of cyclic esters (lactones) is 2. The second kappa shape index (κ2) is 14.0. The zero-order chi connectivity index (χ0) is 27.7. The van der Waals surface area contributed by atoms with Crippen LogP contribution >= 0.6 is 46.4 Å². The van der Waals surface area contributed by atoms with E-state index in [9.17, 15) is 14.4 Å². The topological polar surface area (TPSA) is 118 Å². The molecule has 0 bridgehead atoms. The summed E-state index contributed by atoms with van der Waals surface area (Å²) in [6, 6.07) is 14.5. The molecule has 4 rings (SSSR count). The summed E-state index contributed by atoms with van der Waals surface area (Å²) in [5.41, 5.74) is 2.12. The van der Waals surface area contributed by atoms with Crippen LogP contribution in [0.3, 0.4) is 0 Å². The Morgan fingerprint density at radius 3 is 1.76 bits per heavy atom. The minimum Gasteiger partial charge on any atom is -0.508 e. The Morgan fingerprint density at radius 2 is 1.35 bits per heavy atom. The molecule has 2 atom stereocenters. The summed E-state index contributed by atoms with van der Waals surface area (Å²) < 4.78 is 23.3. The first-order chi connectivity index (χ1) is 17.4. The summed E-state index contributed by atoms with van der Waals surface area (Å²) in [6.45, 7) is 3.87. The predicted molar refractivity (Wildman–Crippen MR) is 135 cm³/mol. The number of benzene rings is 2. The van der Waals surface area contributed by atoms with Crippen molar-refractivity contribution in [3.8, 4) is 11.5 Å². The predicted octanol–water partition coefficient (Wildman–Crippen LogP) is 5.99. The third-order valence-corrected chi connectivity index (χ3v) is 5.87. The average Bonchev–Trinajstić information content (AvgIpc) is 3.23. The molecule has 9 nitrogen and oxygen atoms in total. The van der Waals surface area contributed by atoms with E-state index >= 15 is 0 Å². The van der Waals surface area contributed by atoms with Gasteiger partial charge in [0.15, 0.2) is 0 Å². The number of carbonyl (C=O) groups is 3. The molecule has 0 saturated heterocycles. The number of rotatable bonds is 3. The number of hydrogen-bond donors (Lipinski definition) is 1. The number of carbonyl (C=O) groups excluding carboxylic acids is 3. The highest BCUT2D eigenvalue weighted by Gasteiger charge is 2.35. The first-order valence-corrected chi connectivity index (χ1v) is 11.7. The summed E-state index contributed by atoms with van der Waals surface area (Å²) in [5.74, 6) is -0.586. The highest BCUT2D eigenvalue weighted by molar-refractivity contribution is 6.49. The van der Waals surface area contributed by atoms with Crippen LogP contribution in [0.25, 0.3) is 0 Å². The molecule has 37 heavy (non-hydrogen) atoms. The monoisotopic (exact) mass is 592 g/mol. The molecule has 0 amide bonds.